The summed E-state index contributed by atoms with van der Waals surface area (Å²) in [5.74, 6) is 0.556. The van der Waals surface area contributed by atoms with E-state index < -0.39 is 0 Å². The number of rotatable bonds is 10. The number of unbranched alkanes of at least 4 members (excludes halogenated alkanes) is 4. The first-order valence-electron chi connectivity index (χ1n) is 11.8. The maximum Gasteiger partial charge on any atom is 0.266 e. The van der Waals surface area contributed by atoms with Gasteiger partial charge in [-0.15, -0.1) is 0 Å². The number of halogens is 1. The summed E-state index contributed by atoms with van der Waals surface area (Å²) in [6.45, 7) is 2.86. The summed E-state index contributed by atoms with van der Waals surface area (Å²) in [4.78, 5) is 15.5. The minimum Gasteiger partial charge on any atom is -0.495 e. The molecular formula is C27H28ClN3O2S2. The lowest BCUT2D eigenvalue weighted by molar-refractivity contribution is -0.122. The van der Waals surface area contributed by atoms with Crippen molar-refractivity contribution in [2.75, 3.05) is 13.7 Å². The molecule has 0 spiro atoms. The summed E-state index contributed by atoms with van der Waals surface area (Å²) in [6, 6.07) is 15.4. The molecule has 5 nitrogen and oxygen atoms in total. The molecule has 2 heterocycles. The first-order chi connectivity index (χ1) is 17.0. The van der Waals surface area contributed by atoms with Gasteiger partial charge in [0.1, 0.15) is 15.8 Å². The van der Waals surface area contributed by atoms with E-state index in [1.165, 1.54) is 31.0 Å². The average molecular weight is 526 g/mol. The average Bonchev–Trinajstić information content (AvgIpc) is 3.40. The van der Waals surface area contributed by atoms with E-state index in [2.05, 4.69) is 6.92 Å². The molecule has 0 bridgehead atoms. The molecule has 1 fully saturated rings. The Morgan fingerprint density at radius 3 is 2.60 bits per heavy atom. The van der Waals surface area contributed by atoms with Crippen LogP contribution in [0, 0.1) is 0 Å². The van der Waals surface area contributed by atoms with Crippen LogP contribution < -0.4 is 4.74 Å². The summed E-state index contributed by atoms with van der Waals surface area (Å²) < 4.78 is 7.73. The number of carbonyl (C=O) groups is 1. The van der Waals surface area contributed by atoms with Crippen LogP contribution in [-0.4, -0.2) is 38.6 Å². The largest absolute Gasteiger partial charge is 0.495 e. The van der Waals surface area contributed by atoms with E-state index in [0.717, 1.165) is 35.3 Å². The molecule has 1 aromatic heterocycles. The standard InChI is InChI=1S/C27H28ClN3O2S2/c1-3-4-5-6-10-15-30-26(32)24(35-27(30)34)17-20-18-31(21-11-8-7-9-12-21)29-25(20)19-13-14-23(33-2)22(28)16-19/h7-9,11-14,16-18H,3-6,10,15H2,1-2H3. The minimum atomic E-state index is -0.0401. The number of ether oxygens (including phenoxy) is 1. The quantitative estimate of drug-likeness (QED) is 0.157. The number of thioether (sulfide) groups is 1. The Morgan fingerprint density at radius 1 is 1.11 bits per heavy atom. The van der Waals surface area contributed by atoms with Crippen LogP contribution in [0.25, 0.3) is 23.0 Å². The second kappa shape index (κ2) is 11.9. The van der Waals surface area contributed by atoms with Crippen molar-refractivity contribution in [3.8, 4) is 22.7 Å². The van der Waals surface area contributed by atoms with Gasteiger partial charge in [0.05, 0.1) is 22.7 Å². The molecule has 0 unspecified atom stereocenters. The summed E-state index contributed by atoms with van der Waals surface area (Å²) in [5, 5.41) is 5.34. The Labute approximate surface area is 221 Å². The molecule has 182 valence electrons. The monoisotopic (exact) mass is 525 g/mol. The van der Waals surface area contributed by atoms with E-state index in [-0.39, 0.29) is 5.91 Å². The van der Waals surface area contributed by atoms with Crippen LogP contribution in [0.5, 0.6) is 5.75 Å². The maximum atomic E-state index is 13.2. The molecule has 0 atom stereocenters. The number of para-hydroxylation sites is 1. The van der Waals surface area contributed by atoms with Gasteiger partial charge in [-0.2, -0.15) is 5.10 Å². The van der Waals surface area contributed by atoms with Crippen molar-refractivity contribution in [2.45, 2.75) is 39.0 Å². The Morgan fingerprint density at radius 2 is 1.89 bits per heavy atom. The first-order valence-corrected chi connectivity index (χ1v) is 13.4. The second-order valence-corrected chi connectivity index (χ2v) is 10.4. The molecule has 4 rings (SSSR count). The Balaban J connectivity index is 1.65. The van der Waals surface area contributed by atoms with E-state index in [1.807, 2.05) is 65.5 Å². The molecule has 1 amide bonds. The lowest BCUT2D eigenvalue weighted by Crippen LogP contribution is -2.29. The van der Waals surface area contributed by atoms with Crippen LogP contribution in [0.1, 0.15) is 44.6 Å². The molecule has 35 heavy (non-hydrogen) atoms. The topological polar surface area (TPSA) is 47.4 Å². The molecule has 0 aliphatic carbocycles. The number of carbonyl (C=O) groups excluding carboxylic acids is 1. The van der Waals surface area contributed by atoms with Crippen LogP contribution >= 0.6 is 35.6 Å². The smallest absolute Gasteiger partial charge is 0.266 e. The van der Waals surface area contributed by atoms with E-state index in [4.69, 9.17) is 33.7 Å². The zero-order valence-corrected chi connectivity index (χ0v) is 22.3. The molecule has 1 aliphatic rings. The van der Waals surface area contributed by atoms with Crippen LogP contribution in [0.4, 0.5) is 0 Å². The van der Waals surface area contributed by atoms with Gasteiger partial charge in [-0.1, -0.05) is 86.4 Å². The Bertz CT molecular complexity index is 1240. The Hall–Kier alpha value is -2.61. The van der Waals surface area contributed by atoms with E-state index >= 15 is 0 Å². The van der Waals surface area contributed by atoms with Gasteiger partial charge in [0.2, 0.25) is 0 Å². The van der Waals surface area contributed by atoms with Gasteiger partial charge in [0.15, 0.2) is 0 Å². The van der Waals surface area contributed by atoms with Gasteiger partial charge >= 0.3 is 0 Å². The van der Waals surface area contributed by atoms with Crippen LogP contribution in [-0.2, 0) is 4.79 Å². The van der Waals surface area contributed by atoms with Crippen molar-refractivity contribution in [1.29, 1.82) is 0 Å². The first kappa shape index (κ1) is 25.5. The number of hydrogen-bond donors (Lipinski definition) is 0. The fourth-order valence-corrected chi connectivity index (χ4v) is 5.51. The maximum absolute atomic E-state index is 13.2. The number of amides is 1. The molecule has 1 aliphatic heterocycles. The number of aromatic nitrogens is 2. The van der Waals surface area contributed by atoms with Crippen molar-refractivity contribution in [3.05, 3.63) is 70.2 Å². The van der Waals surface area contributed by atoms with Gasteiger partial charge in [-0.25, -0.2) is 4.68 Å². The molecule has 1 saturated heterocycles. The van der Waals surface area contributed by atoms with Crippen molar-refractivity contribution < 1.29 is 9.53 Å². The molecular weight excluding hydrogens is 498 g/mol. The fraction of sp³-hybridized carbons (Fsp3) is 0.296. The number of methoxy groups -OCH3 is 1. The van der Waals surface area contributed by atoms with Crippen LogP contribution in [0.15, 0.2) is 59.6 Å². The highest BCUT2D eigenvalue weighted by atomic mass is 35.5. The molecule has 0 saturated carbocycles. The Kier molecular flexibility index (Phi) is 8.65. The van der Waals surface area contributed by atoms with Gasteiger partial charge in [-0.05, 0) is 42.8 Å². The van der Waals surface area contributed by atoms with Crippen molar-refractivity contribution in [3.63, 3.8) is 0 Å². The van der Waals surface area contributed by atoms with E-state index in [0.29, 0.717) is 26.5 Å². The SMILES string of the molecule is CCCCCCCN1C(=O)C(=Cc2cn(-c3ccccc3)nc2-c2ccc(OC)c(Cl)c2)SC1=S. The number of benzene rings is 2. The van der Waals surface area contributed by atoms with Crippen LogP contribution in [0.2, 0.25) is 5.02 Å². The van der Waals surface area contributed by atoms with Crippen LogP contribution in [0.3, 0.4) is 0 Å². The van der Waals surface area contributed by atoms with Crippen molar-refractivity contribution in [2.24, 2.45) is 0 Å². The third kappa shape index (κ3) is 5.97. The van der Waals surface area contributed by atoms with Crippen molar-refractivity contribution >= 4 is 51.9 Å². The third-order valence-corrected chi connectivity index (χ3v) is 7.51. The third-order valence-electron chi connectivity index (χ3n) is 5.83. The fourth-order valence-electron chi connectivity index (χ4n) is 3.95. The zero-order chi connectivity index (χ0) is 24.8. The number of hydrogen-bond acceptors (Lipinski definition) is 5. The van der Waals surface area contributed by atoms with Gasteiger partial charge < -0.3 is 4.74 Å². The molecule has 8 heteroatoms. The number of thiocarbonyl (C=S) groups is 1. The summed E-state index contributed by atoms with van der Waals surface area (Å²) in [7, 11) is 1.59. The predicted molar refractivity (Wildman–Crippen MR) is 149 cm³/mol. The second-order valence-electron chi connectivity index (χ2n) is 8.31. The van der Waals surface area contributed by atoms with Gasteiger partial charge in [0.25, 0.3) is 5.91 Å². The highest BCUT2D eigenvalue weighted by molar-refractivity contribution is 8.26. The minimum absolute atomic E-state index is 0.0401. The summed E-state index contributed by atoms with van der Waals surface area (Å²) in [6.07, 6.45) is 9.49. The van der Waals surface area contributed by atoms with E-state index in [1.54, 1.807) is 12.0 Å². The molecule has 2 aromatic carbocycles. The molecule has 0 radical (unpaired) electrons. The number of nitrogens with zero attached hydrogens (tertiary/aromatic N) is 3. The lowest BCUT2D eigenvalue weighted by Gasteiger charge is -2.13. The highest BCUT2D eigenvalue weighted by Gasteiger charge is 2.32. The molecule has 0 N–H and O–H groups in total. The highest BCUT2D eigenvalue weighted by Crippen LogP contribution is 2.36. The van der Waals surface area contributed by atoms with Gasteiger partial charge in [0, 0.05) is 23.9 Å². The normalized spacial score (nSPS) is 14.8. The lowest BCUT2D eigenvalue weighted by atomic mass is 10.1. The summed E-state index contributed by atoms with van der Waals surface area (Å²) >= 11 is 13.3. The summed E-state index contributed by atoms with van der Waals surface area (Å²) in [5.41, 5.74) is 3.30. The van der Waals surface area contributed by atoms with E-state index in [9.17, 15) is 4.79 Å². The zero-order valence-electron chi connectivity index (χ0n) is 19.9. The van der Waals surface area contributed by atoms with Gasteiger partial charge in [-0.3, -0.25) is 9.69 Å². The van der Waals surface area contributed by atoms with Crippen molar-refractivity contribution in [1.82, 2.24) is 14.7 Å². The molecule has 3 aromatic rings. The predicted octanol–water partition coefficient (Wildman–Crippen LogP) is 7.37.